The maximum absolute atomic E-state index is 12.7. The lowest BCUT2D eigenvalue weighted by Gasteiger charge is -2.02. The molecule has 3 aromatic rings. The van der Waals surface area contributed by atoms with Crippen LogP contribution < -0.4 is 5.43 Å². The SMILES string of the molecule is Cc1c(Cc2ccccc2)ccnc(Cc2ccccc2)c1=O. The van der Waals surface area contributed by atoms with Crippen LogP contribution in [0.4, 0.5) is 0 Å². The van der Waals surface area contributed by atoms with Crippen LogP contribution in [0, 0.1) is 6.92 Å². The molecule has 0 atom stereocenters. The smallest absolute Gasteiger partial charge is 0.203 e. The summed E-state index contributed by atoms with van der Waals surface area (Å²) in [5, 5.41) is 0. The first-order valence-corrected chi connectivity index (χ1v) is 7.79. The molecule has 0 bridgehead atoms. The molecular weight excluding hydrogens is 282 g/mol. The molecule has 0 saturated heterocycles. The Morgan fingerprint density at radius 1 is 0.783 bits per heavy atom. The van der Waals surface area contributed by atoms with Crippen LogP contribution in [0.1, 0.15) is 27.9 Å². The number of hydrogen-bond donors (Lipinski definition) is 0. The molecule has 0 saturated carbocycles. The van der Waals surface area contributed by atoms with Crippen LogP contribution in [-0.4, -0.2) is 4.98 Å². The lowest BCUT2D eigenvalue weighted by Crippen LogP contribution is -2.12. The van der Waals surface area contributed by atoms with Crippen molar-refractivity contribution < 1.29 is 0 Å². The van der Waals surface area contributed by atoms with Crippen LogP contribution in [0.2, 0.25) is 0 Å². The van der Waals surface area contributed by atoms with Gasteiger partial charge in [-0.15, -0.1) is 0 Å². The summed E-state index contributed by atoms with van der Waals surface area (Å²) < 4.78 is 0. The second-order valence-electron chi connectivity index (χ2n) is 5.70. The molecule has 0 aliphatic heterocycles. The molecule has 1 aromatic heterocycles. The van der Waals surface area contributed by atoms with E-state index < -0.39 is 0 Å². The molecule has 0 fully saturated rings. The molecule has 0 aliphatic rings. The molecule has 0 spiro atoms. The number of aromatic nitrogens is 1. The van der Waals surface area contributed by atoms with E-state index in [1.165, 1.54) is 5.56 Å². The zero-order valence-corrected chi connectivity index (χ0v) is 13.2. The highest BCUT2D eigenvalue weighted by Crippen LogP contribution is 2.11. The van der Waals surface area contributed by atoms with E-state index in [-0.39, 0.29) is 5.43 Å². The van der Waals surface area contributed by atoms with E-state index in [9.17, 15) is 4.79 Å². The third-order valence-corrected chi connectivity index (χ3v) is 4.04. The Labute approximate surface area is 136 Å². The van der Waals surface area contributed by atoms with E-state index in [0.29, 0.717) is 12.1 Å². The van der Waals surface area contributed by atoms with E-state index in [0.717, 1.165) is 23.1 Å². The van der Waals surface area contributed by atoms with Crippen LogP contribution in [0.15, 0.2) is 77.7 Å². The van der Waals surface area contributed by atoms with Gasteiger partial charge in [-0.25, -0.2) is 0 Å². The summed E-state index contributed by atoms with van der Waals surface area (Å²) in [6.45, 7) is 1.90. The van der Waals surface area contributed by atoms with Crippen molar-refractivity contribution in [2.75, 3.05) is 0 Å². The molecule has 0 aliphatic carbocycles. The number of nitrogens with zero attached hydrogens (tertiary/aromatic N) is 1. The Bertz CT molecular complexity index is 842. The molecule has 3 rings (SSSR count). The quantitative estimate of drug-likeness (QED) is 0.731. The minimum atomic E-state index is 0.0461. The lowest BCUT2D eigenvalue weighted by molar-refractivity contribution is 1.06. The molecule has 0 unspecified atom stereocenters. The normalized spacial score (nSPS) is 10.5. The summed E-state index contributed by atoms with van der Waals surface area (Å²) in [5.74, 6) is 0. The minimum Gasteiger partial charge on any atom is -0.288 e. The first-order chi connectivity index (χ1) is 11.2. The molecule has 0 radical (unpaired) electrons. The van der Waals surface area contributed by atoms with Gasteiger partial charge in [-0.05, 0) is 36.1 Å². The van der Waals surface area contributed by atoms with Crippen LogP contribution >= 0.6 is 0 Å². The van der Waals surface area contributed by atoms with E-state index in [1.807, 2.05) is 61.5 Å². The van der Waals surface area contributed by atoms with Gasteiger partial charge in [-0.2, -0.15) is 0 Å². The fourth-order valence-corrected chi connectivity index (χ4v) is 2.69. The first-order valence-electron chi connectivity index (χ1n) is 7.79. The highest BCUT2D eigenvalue weighted by atomic mass is 16.1. The van der Waals surface area contributed by atoms with E-state index >= 15 is 0 Å². The number of rotatable bonds is 4. The maximum atomic E-state index is 12.7. The topological polar surface area (TPSA) is 30.0 Å². The van der Waals surface area contributed by atoms with Gasteiger partial charge in [-0.1, -0.05) is 60.7 Å². The van der Waals surface area contributed by atoms with Crippen LogP contribution in [-0.2, 0) is 12.8 Å². The largest absolute Gasteiger partial charge is 0.288 e. The minimum absolute atomic E-state index is 0.0461. The standard InChI is InChI=1S/C21H19NO/c1-16-19(14-17-8-4-2-5-9-17)12-13-22-20(21(16)23)15-18-10-6-3-7-11-18/h2-13H,14-15H2,1H3. The van der Waals surface area contributed by atoms with Crippen LogP contribution in [0.3, 0.4) is 0 Å². The third-order valence-electron chi connectivity index (χ3n) is 4.04. The van der Waals surface area contributed by atoms with Gasteiger partial charge in [0.25, 0.3) is 0 Å². The average molecular weight is 301 g/mol. The molecule has 2 aromatic carbocycles. The Kier molecular flexibility index (Phi) is 4.62. The van der Waals surface area contributed by atoms with Crippen LogP contribution in [0.5, 0.6) is 0 Å². The first kappa shape index (κ1) is 15.2. The van der Waals surface area contributed by atoms with Gasteiger partial charge in [0.15, 0.2) is 0 Å². The second-order valence-corrected chi connectivity index (χ2v) is 5.70. The van der Waals surface area contributed by atoms with Crippen molar-refractivity contribution in [3.8, 4) is 0 Å². The molecule has 114 valence electrons. The van der Waals surface area contributed by atoms with Crippen molar-refractivity contribution >= 4 is 0 Å². The molecule has 2 nitrogen and oxygen atoms in total. The summed E-state index contributed by atoms with van der Waals surface area (Å²) in [6.07, 6.45) is 3.08. The summed E-state index contributed by atoms with van der Waals surface area (Å²) in [4.78, 5) is 17.1. The zero-order chi connectivity index (χ0) is 16.1. The molecule has 1 heterocycles. The summed E-state index contributed by atoms with van der Waals surface area (Å²) >= 11 is 0. The third kappa shape index (κ3) is 3.72. The summed E-state index contributed by atoms with van der Waals surface area (Å²) in [6, 6.07) is 22.1. The summed E-state index contributed by atoms with van der Waals surface area (Å²) in [7, 11) is 0. The van der Waals surface area contributed by atoms with Crippen LogP contribution in [0.25, 0.3) is 0 Å². The van der Waals surface area contributed by atoms with Crippen molar-refractivity contribution in [2.24, 2.45) is 0 Å². The number of benzene rings is 2. The molecule has 0 amide bonds. The van der Waals surface area contributed by atoms with E-state index in [1.54, 1.807) is 6.20 Å². The van der Waals surface area contributed by atoms with Gasteiger partial charge >= 0.3 is 0 Å². The van der Waals surface area contributed by atoms with E-state index in [4.69, 9.17) is 0 Å². The Hall–Kier alpha value is -2.74. The van der Waals surface area contributed by atoms with Gasteiger partial charge in [0, 0.05) is 18.2 Å². The van der Waals surface area contributed by atoms with Crippen molar-refractivity contribution in [1.82, 2.24) is 4.98 Å². The highest BCUT2D eigenvalue weighted by molar-refractivity contribution is 5.32. The average Bonchev–Trinajstić information content (AvgIpc) is 2.71. The lowest BCUT2D eigenvalue weighted by atomic mass is 10.0. The number of hydrogen-bond acceptors (Lipinski definition) is 2. The van der Waals surface area contributed by atoms with Crippen molar-refractivity contribution in [2.45, 2.75) is 19.8 Å². The van der Waals surface area contributed by atoms with Gasteiger partial charge in [-0.3, -0.25) is 9.78 Å². The molecule has 2 heteroatoms. The summed E-state index contributed by atoms with van der Waals surface area (Å²) in [5.41, 5.74) is 4.78. The fraction of sp³-hybridized carbons (Fsp3) is 0.143. The predicted octanol–water partition coefficient (Wildman–Crippen LogP) is 3.93. The molecule has 0 N–H and O–H groups in total. The highest BCUT2D eigenvalue weighted by Gasteiger charge is 2.08. The Morgan fingerprint density at radius 2 is 1.35 bits per heavy atom. The Morgan fingerprint density at radius 3 is 1.96 bits per heavy atom. The van der Waals surface area contributed by atoms with Gasteiger partial charge in [0.05, 0.1) is 5.69 Å². The van der Waals surface area contributed by atoms with Crippen molar-refractivity contribution in [3.63, 3.8) is 0 Å². The monoisotopic (exact) mass is 301 g/mol. The second kappa shape index (κ2) is 7.01. The predicted molar refractivity (Wildman–Crippen MR) is 93.7 cm³/mol. The molecule has 23 heavy (non-hydrogen) atoms. The maximum Gasteiger partial charge on any atom is 0.203 e. The Balaban J connectivity index is 1.95. The van der Waals surface area contributed by atoms with Crippen molar-refractivity contribution in [3.05, 3.63) is 111 Å². The van der Waals surface area contributed by atoms with E-state index in [2.05, 4.69) is 17.1 Å². The van der Waals surface area contributed by atoms with Gasteiger partial charge in [0.2, 0.25) is 5.43 Å². The fourth-order valence-electron chi connectivity index (χ4n) is 2.69. The van der Waals surface area contributed by atoms with Gasteiger partial charge < -0.3 is 0 Å². The zero-order valence-electron chi connectivity index (χ0n) is 13.2. The van der Waals surface area contributed by atoms with Crippen molar-refractivity contribution in [1.29, 1.82) is 0 Å². The van der Waals surface area contributed by atoms with Gasteiger partial charge in [0.1, 0.15) is 0 Å². The molecular formula is C21H19NO.